The molecule has 0 radical (unpaired) electrons. The van der Waals surface area contributed by atoms with Crippen molar-refractivity contribution in [2.24, 2.45) is 0 Å². The van der Waals surface area contributed by atoms with Gasteiger partial charge >= 0.3 is 5.97 Å². The number of Topliss-reactive ketones (excluding diaryl/α,β-unsaturated/α-hetero) is 1. The van der Waals surface area contributed by atoms with Crippen LogP contribution in [-0.2, 0) is 14.3 Å². The molecule has 2 aliphatic rings. The Morgan fingerprint density at radius 2 is 2.31 bits per heavy atom. The van der Waals surface area contributed by atoms with E-state index < -0.39 is 11.6 Å². The molecule has 2 fully saturated rings. The molecular weight excluding hydrogens is 228 g/mol. The SMILES string of the molecule is CCC(O)=C1C(=O)CC2(CCSC2)OC1=O. The zero-order valence-corrected chi connectivity index (χ0v) is 9.93. The average molecular weight is 242 g/mol. The number of ether oxygens (including phenoxy) is 1. The molecular formula is C11H14O4S. The minimum absolute atomic E-state index is 0.148. The van der Waals surface area contributed by atoms with Gasteiger partial charge in [0.05, 0.1) is 6.42 Å². The number of allylic oxidation sites excluding steroid dienone is 1. The Morgan fingerprint density at radius 1 is 1.56 bits per heavy atom. The number of hydrogen-bond donors (Lipinski definition) is 1. The fourth-order valence-electron chi connectivity index (χ4n) is 2.04. The van der Waals surface area contributed by atoms with Crippen LogP contribution in [-0.4, -0.2) is 34.0 Å². The molecule has 2 aliphatic heterocycles. The molecule has 0 saturated carbocycles. The topological polar surface area (TPSA) is 63.6 Å². The highest BCUT2D eigenvalue weighted by molar-refractivity contribution is 7.99. The van der Waals surface area contributed by atoms with Crippen LogP contribution in [0.4, 0.5) is 0 Å². The van der Waals surface area contributed by atoms with Gasteiger partial charge in [-0.1, -0.05) is 6.92 Å². The molecule has 1 spiro atoms. The number of rotatable bonds is 1. The molecule has 88 valence electrons. The maximum atomic E-state index is 11.8. The zero-order valence-electron chi connectivity index (χ0n) is 9.12. The second-order valence-corrected chi connectivity index (χ2v) is 5.26. The van der Waals surface area contributed by atoms with Crippen LogP contribution in [0.15, 0.2) is 11.3 Å². The van der Waals surface area contributed by atoms with Gasteiger partial charge in [0.2, 0.25) is 0 Å². The summed E-state index contributed by atoms with van der Waals surface area (Å²) in [5.74, 6) is 0.510. The summed E-state index contributed by atoms with van der Waals surface area (Å²) in [5, 5.41) is 9.51. The number of hydrogen-bond acceptors (Lipinski definition) is 5. The number of carbonyl (C=O) groups excluding carboxylic acids is 2. The average Bonchev–Trinajstić information content (AvgIpc) is 2.64. The smallest absolute Gasteiger partial charge is 0.345 e. The van der Waals surface area contributed by atoms with Gasteiger partial charge in [0.15, 0.2) is 5.78 Å². The Morgan fingerprint density at radius 3 is 2.81 bits per heavy atom. The first-order valence-corrected chi connectivity index (χ1v) is 6.50. The molecule has 2 heterocycles. The Balaban J connectivity index is 2.27. The van der Waals surface area contributed by atoms with Gasteiger partial charge < -0.3 is 9.84 Å². The molecule has 1 N–H and O–H groups in total. The van der Waals surface area contributed by atoms with E-state index in [-0.39, 0.29) is 30.0 Å². The molecule has 0 amide bonds. The van der Waals surface area contributed by atoms with Crippen LogP contribution in [0.1, 0.15) is 26.2 Å². The predicted molar refractivity (Wildman–Crippen MR) is 60.3 cm³/mol. The first-order chi connectivity index (χ1) is 7.58. The number of thioether (sulfide) groups is 1. The van der Waals surface area contributed by atoms with E-state index in [4.69, 9.17) is 4.74 Å². The summed E-state index contributed by atoms with van der Waals surface area (Å²) in [6.45, 7) is 1.69. The largest absolute Gasteiger partial charge is 0.511 e. The van der Waals surface area contributed by atoms with Crippen molar-refractivity contribution in [3.8, 4) is 0 Å². The van der Waals surface area contributed by atoms with Crippen LogP contribution in [0.3, 0.4) is 0 Å². The van der Waals surface area contributed by atoms with Crippen molar-refractivity contribution < 1.29 is 19.4 Å². The van der Waals surface area contributed by atoms with Gasteiger partial charge in [0, 0.05) is 12.2 Å². The molecule has 0 bridgehead atoms. The van der Waals surface area contributed by atoms with Crippen molar-refractivity contribution in [1.29, 1.82) is 0 Å². The fraction of sp³-hybridized carbons (Fsp3) is 0.636. The van der Waals surface area contributed by atoms with Crippen molar-refractivity contribution in [3.05, 3.63) is 11.3 Å². The summed E-state index contributed by atoms with van der Waals surface area (Å²) in [6.07, 6.45) is 1.22. The van der Waals surface area contributed by atoms with Gasteiger partial charge in [-0.3, -0.25) is 4.79 Å². The van der Waals surface area contributed by atoms with E-state index in [0.717, 1.165) is 12.2 Å². The summed E-state index contributed by atoms with van der Waals surface area (Å²) < 4.78 is 5.34. The summed E-state index contributed by atoms with van der Waals surface area (Å²) in [6, 6.07) is 0. The lowest BCUT2D eigenvalue weighted by Crippen LogP contribution is -2.44. The Hall–Kier alpha value is -0.970. The van der Waals surface area contributed by atoms with Crippen molar-refractivity contribution in [2.75, 3.05) is 11.5 Å². The van der Waals surface area contributed by atoms with Crippen LogP contribution in [0.25, 0.3) is 0 Å². The predicted octanol–water partition coefficient (Wildman–Crippen LogP) is 1.60. The summed E-state index contributed by atoms with van der Waals surface area (Å²) >= 11 is 1.69. The highest BCUT2D eigenvalue weighted by Crippen LogP contribution is 2.39. The van der Waals surface area contributed by atoms with Gasteiger partial charge in [-0.2, -0.15) is 11.8 Å². The molecule has 1 unspecified atom stereocenters. The molecule has 2 saturated heterocycles. The van der Waals surface area contributed by atoms with Crippen LogP contribution < -0.4 is 0 Å². The zero-order chi connectivity index (χ0) is 11.8. The normalized spacial score (nSPS) is 33.1. The van der Waals surface area contributed by atoms with Gasteiger partial charge in [-0.25, -0.2) is 4.79 Å². The monoisotopic (exact) mass is 242 g/mol. The summed E-state index contributed by atoms with van der Waals surface area (Å²) in [4.78, 5) is 23.5. The number of esters is 1. The van der Waals surface area contributed by atoms with Crippen molar-refractivity contribution >= 4 is 23.5 Å². The van der Waals surface area contributed by atoms with E-state index in [2.05, 4.69) is 0 Å². The second-order valence-electron chi connectivity index (χ2n) is 4.15. The van der Waals surface area contributed by atoms with E-state index in [1.807, 2.05) is 0 Å². The Bertz CT molecular complexity index is 344. The van der Waals surface area contributed by atoms with Gasteiger partial charge in [0.25, 0.3) is 0 Å². The fourth-order valence-corrected chi connectivity index (χ4v) is 3.38. The number of aliphatic hydroxyl groups excluding tert-OH is 1. The number of ketones is 1. The maximum Gasteiger partial charge on any atom is 0.345 e. The lowest BCUT2D eigenvalue weighted by atomic mass is 9.89. The lowest BCUT2D eigenvalue weighted by Gasteiger charge is -2.32. The van der Waals surface area contributed by atoms with Crippen LogP contribution in [0, 0.1) is 0 Å². The second kappa shape index (κ2) is 4.13. The molecule has 0 aromatic rings. The van der Waals surface area contributed by atoms with Crippen LogP contribution in [0.5, 0.6) is 0 Å². The molecule has 2 rings (SSSR count). The van der Waals surface area contributed by atoms with Gasteiger partial charge in [-0.05, 0) is 12.2 Å². The van der Waals surface area contributed by atoms with Crippen molar-refractivity contribution in [3.63, 3.8) is 0 Å². The molecule has 0 aromatic carbocycles. The van der Waals surface area contributed by atoms with Crippen LogP contribution >= 0.6 is 11.8 Å². The highest BCUT2D eigenvalue weighted by atomic mass is 32.2. The van der Waals surface area contributed by atoms with E-state index in [9.17, 15) is 14.7 Å². The molecule has 1 atom stereocenters. The minimum Gasteiger partial charge on any atom is -0.511 e. The molecule has 4 nitrogen and oxygen atoms in total. The third-order valence-electron chi connectivity index (χ3n) is 2.97. The Kier molecular flexibility index (Phi) is 2.97. The standard InChI is InChI=1S/C11H14O4S/c1-2-7(12)9-8(13)5-11(15-10(9)14)3-4-16-6-11/h12H,2-6H2,1H3. The molecule has 0 aliphatic carbocycles. The Labute approximate surface area is 98.0 Å². The summed E-state index contributed by atoms with van der Waals surface area (Å²) in [5.41, 5.74) is -0.749. The van der Waals surface area contributed by atoms with Gasteiger partial charge in [-0.15, -0.1) is 0 Å². The van der Waals surface area contributed by atoms with Crippen molar-refractivity contribution in [2.45, 2.75) is 31.8 Å². The van der Waals surface area contributed by atoms with E-state index in [0.29, 0.717) is 5.75 Å². The van der Waals surface area contributed by atoms with Crippen molar-refractivity contribution in [1.82, 2.24) is 0 Å². The third kappa shape index (κ3) is 1.84. The van der Waals surface area contributed by atoms with Gasteiger partial charge in [0.1, 0.15) is 16.9 Å². The molecule has 16 heavy (non-hydrogen) atoms. The lowest BCUT2D eigenvalue weighted by molar-refractivity contribution is -0.160. The van der Waals surface area contributed by atoms with E-state index >= 15 is 0 Å². The van der Waals surface area contributed by atoms with E-state index in [1.54, 1.807) is 18.7 Å². The third-order valence-corrected chi connectivity index (χ3v) is 4.19. The minimum atomic E-state index is -0.655. The maximum absolute atomic E-state index is 11.8. The highest BCUT2D eigenvalue weighted by Gasteiger charge is 2.47. The number of aliphatic hydroxyl groups is 1. The number of carbonyl (C=O) groups is 2. The first-order valence-electron chi connectivity index (χ1n) is 5.34. The quantitative estimate of drug-likeness (QED) is 0.327. The first kappa shape index (κ1) is 11.5. The molecule has 5 heteroatoms. The molecule has 0 aromatic heterocycles. The van der Waals surface area contributed by atoms with Crippen LogP contribution in [0.2, 0.25) is 0 Å². The van der Waals surface area contributed by atoms with E-state index in [1.165, 1.54) is 0 Å². The summed E-state index contributed by atoms with van der Waals surface area (Å²) in [7, 11) is 0.